The minimum Gasteiger partial charge on any atom is -0.497 e. The molecule has 3 aromatic heterocycles. The number of hydrogen-bond donors (Lipinski definition) is 1. The van der Waals surface area contributed by atoms with Crippen LogP contribution >= 0.6 is 0 Å². The summed E-state index contributed by atoms with van der Waals surface area (Å²) in [5.41, 5.74) is -3.15. The summed E-state index contributed by atoms with van der Waals surface area (Å²) in [4.78, 5) is 14.5. The van der Waals surface area contributed by atoms with Crippen molar-refractivity contribution in [3.8, 4) is 5.75 Å². The van der Waals surface area contributed by atoms with Crippen LogP contribution in [0.2, 0.25) is 0 Å². The number of anilines is 2. The number of nitrogens with one attached hydrogen (secondary N) is 1. The topological polar surface area (TPSA) is 125 Å². The molecule has 0 spiro atoms. The van der Waals surface area contributed by atoms with Gasteiger partial charge in [0.1, 0.15) is 17.0 Å². The van der Waals surface area contributed by atoms with Gasteiger partial charge < -0.3 is 19.7 Å². The van der Waals surface area contributed by atoms with Crippen molar-refractivity contribution >= 4 is 11.5 Å². The molecule has 4 aromatic rings. The Kier molecular flexibility index (Phi) is 8.94. The van der Waals surface area contributed by atoms with Crippen molar-refractivity contribution in [3.05, 3.63) is 81.7 Å². The monoisotopic (exact) mass is 639 g/mol. The first kappa shape index (κ1) is 31.7. The average Bonchev–Trinajstić information content (AvgIpc) is 3.41. The van der Waals surface area contributed by atoms with Gasteiger partial charge in [-0.2, -0.15) is 31.4 Å². The van der Waals surface area contributed by atoms with Crippen LogP contribution in [0.15, 0.2) is 53.6 Å². The molecule has 0 bridgehead atoms. The third-order valence-corrected chi connectivity index (χ3v) is 6.90. The van der Waals surface area contributed by atoms with E-state index < -0.39 is 40.9 Å². The van der Waals surface area contributed by atoms with Gasteiger partial charge in [-0.05, 0) is 36.8 Å². The fraction of sp³-hybridized carbons (Fsp3) is 0.407. The van der Waals surface area contributed by atoms with Crippen molar-refractivity contribution < 1.29 is 35.8 Å². The van der Waals surface area contributed by atoms with Crippen LogP contribution < -0.4 is 20.5 Å². The molecule has 0 amide bonds. The van der Waals surface area contributed by atoms with Crippen molar-refractivity contribution in [3.63, 3.8) is 0 Å². The smallest absolute Gasteiger partial charge is 0.435 e. The first-order chi connectivity index (χ1) is 21.3. The number of halogens is 6. The lowest BCUT2D eigenvalue weighted by Crippen LogP contribution is -2.48. The van der Waals surface area contributed by atoms with Gasteiger partial charge in [-0.1, -0.05) is 17.3 Å². The summed E-state index contributed by atoms with van der Waals surface area (Å²) in [7, 11) is 1.48. The van der Waals surface area contributed by atoms with Crippen LogP contribution in [0.3, 0.4) is 0 Å². The maximum absolute atomic E-state index is 13.9. The minimum atomic E-state index is -4.93. The lowest BCUT2D eigenvalue weighted by Gasteiger charge is -2.39. The number of alkyl halides is 6. The molecule has 45 heavy (non-hydrogen) atoms. The molecule has 1 aliphatic heterocycles. The van der Waals surface area contributed by atoms with Crippen molar-refractivity contribution in [2.75, 3.05) is 37.0 Å². The van der Waals surface area contributed by atoms with Crippen LogP contribution in [0.5, 0.6) is 5.75 Å². The van der Waals surface area contributed by atoms with E-state index in [0.29, 0.717) is 35.9 Å². The summed E-state index contributed by atoms with van der Waals surface area (Å²) >= 11 is 0. The fourth-order valence-corrected chi connectivity index (χ4v) is 4.55. The van der Waals surface area contributed by atoms with Crippen LogP contribution in [-0.2, 0) is 30.2 Å². The number of methoxy groups -OCH3 is 1. The molecule has 1 unspecified atom stereocenters. The third kappa shape index (κ3) is 7.50. The summed E-state index contributed by atoms with van der Waals surface area (Å²) in [6, 6.07) is 7.91. The van der Waals surface area contributed by atoms with Crippen LogP contribution in [0.4, 0.5) is 37.8 Å². The predicted octanol–water partition coefficient (Wildman–Crippen LogP) is 3.80. The van der Waals surface area contributed by atoms with Crippen molar-refractivity contribution in [1.82, 2.24) is 35.0 Å². The maximum atomic E-state index is 13.9. The summed E-state index contributed by atoms with van der Waals surface area (Å²) < 4.78 is 92.9. The first-order valence-electron chi connectivity index (χ1n) is 13.5. The fourth-order valence-electron chi connectivity index (χ4n) is 4.55. The highest BCUT2D eigenvalue weighted by atomic mass is 19.4. The average molecular weight is 640 g/mol. The number of rotatable bonds is 11. The number of hydrogen-bond acceptors (Lipinski definition) is 10. The molecule has 12 nitrogen and oxygen atoms in total. The molecule has 0 aliphatic carbocycles. The van der Waals surface area contributed by atoms with Gasteiger partial charge >= 0.3 is 12.4 Å². The van der Waals surface area contributed by atoms with E-state index in [-0.39, 0.29) is 25.8 Å². The summed E-state index contributed by atoms with van der Waals surface area (Å²) in [6.45, 7) is 2.28. The van der Waals surface area contributed by atoms with E-state index in [4.69, 9.17) is 9.47 Å². The second-order valence-corrected chi connectivity index (χ2v) is 10.3. The highest BCUT2D eigenvalue weighted by molar-refractivity contribution is 5.50. The second kappa shape index (κ2) is 12.7. The van der Waals surface area contributed by atoms with Crippen LogP contribution in [-0.4, -0.2) is 67.8 Å². The molecule has 1 aromatic carbocycles. The lowest BCUT2D eigenvalue weighted by molar-refractivity contribution is -0.141. The zero-order valence-electron chi connectivity index (χ0n) is 23.9. The Morgan fingerprint density at radius 1 is 1.00 bits per heavy atom. The van der Waals surface area contributed by atoms with Crippen LogP contribution in [0.1, 0.15) is 35.5 Å². The summed E-state index contributed by atoms with van der Waals surface area (Å²) in [6.07, 6.45) is -6.89. The molecule has 18 heteroatoms. The van der Waals surface area contributed by atoms with Gasteiger partial charge in [-0.25, -0.2) is 9.36 Å². The van der Waals surface area contributed by atoms with Crippen molar-refractivity contribution in [1.29, 1.82) is 0 Å². The third-order valence-electron chi connectivity index (χ3n) is 6.90. The van der Waals surface area contributed by atoms with Gasteiger partial charge in [0, 0.05) is 19.1 Å². The van der Waals surface area contributed by atoms with Gasteiger partial charge in [0.25, 0.3) is 5.56 Å². The number of benzene rings is 1. The van der Waals surface area contributed by atoms with E-state index in [1.807, 2.05) is 0 Å². The summed E-state index contributed by atoms with van der Waals surface area (Å²) in [5, 5.41) is 21.5. The molecule has 1 atom stereocenters. The van der Waals surface area contributed by atoms with Crippen LogP contribution in [0, 0.1) is 0 Å². The minimum absolute atomic E-state index is 0.0146. The Bertz CT molecular complexity index is 1650. The molecule has 1 aliphatic rings. The Morgan fingerprint density at radius 3 is 2.36 bits per heavy atom. The zero-order valence-corrected chi connectivity index (χ0v) is 23.9. The van der Waals surface area contributed by atoms with E-state index in [1.165, 1.54) is 13.2 Å². The normalized spacial score (nSPS) is 14.7. The molecular formula is C27H27F6N9O3. The molecule has 5 rings (SSSR count). The largest absolute Gasteiger partial charge is 0.497 e. The molecule has 1 fully saturated rings. The molecule has 0 radical (unpaired) electrons. The molecule has 1 N–H and O–H groups in total. The van der Waals surface area contributed by atoms with E-state index >= 15 is 0 Å². The molecular weight excluding hydrogens is 612 g/mol. The highest BCUT2D eigenvalue weighted by Crippen LogP contribution is 2.32. The molecule has 4 heterocycles. The highest BCUT2D eigenvalue weighted by Gasteiger charge is 2.39. The standard InChI is InChI=1S/C27H27F6N9O3/c1-16(35-21-9-34-42(25(43)24(21)27(31,32)33)10-17-3-5-20(44-2)6-4-17)14-45-15-18-11-41(39-36-18)19-12-40(13-19)23-8-7-22(37-38-23)26(28,29)30/h3-9,11,16,19,35H,10,12-15H2,1-2H3. The van der Waals surface area contributed by atoms with Crippen molar-refractivity contribution in [2.24, 2.45) is 0 Å². The van der Waals surface area contributed by atoms with E-state index in [1.54, 1.807) is 47.0 Å². The SMILES string of the molecule is COc1ccc(Cn2ncc(NC(C)COCc3cn(C4CN(c5ccc(C(F)(F)F)nn5)C4)nn3)c(C(F)(F)F)c2=O)cc1. The first-order valence-corrected chi connectivity index (χ1v) is 13.5. The lowest BCUT2D eigenvalue weighted by atomic mass is 10.1. The number of nitrogens with zero attached hydrogens (tertiary/aromatic N) is 8. The Labute approximate surface area is 251 Å². The Morgan fingerprint density at radius 2 is 1.73 bits per heavy atom. The predicted molar refractivity (Wildman–Crippen MR) is 147 cm³/mol. The molecule has 0 saturated carbocycles. The van der Waals surface area contributed by atoms with Crippen molar-refractivity contribution in [2.45, 2.75) is 44.5 Å². The Balaban J connectivity index is 1.13. The molecule has 1 saturated heterocycles. The van der Waals surface area contributed by atoms with E-state index in [9.17, 15) is 31.1 Å². The van der Waals surface area contributed by atoms with Gasteiger partial charge in [0.05, 0.1) is 51.0 Å². The van der Waals surface area contributed by atoms with E-state index in [2.05, 4.69) is 30.9 Å². The van der Waals surface area contributed by atoms with Gasteiger partial charge in [-0.15, -0.1) is 15.3 Å². The van der Waals surface area contributed by atoms with Gasteiger partial charge in [-0.3, -0.25) is 4.79 Å². The summed E-state index contributed by atoms with van der Waals surface area (Å²) in [5.74, 6) is 0.874. The maximum Gasteiger partial charge on any atom is 0.435 e. The quantitative estimate of drug-likeness (QED) is 0.243. The molecule has 240 valence electrons. The zero-order chi connectivity index (χ0) is 32.4. The second-order valence-electron chi connectivity index (χ2n) is 10.3. The van der Waals surface area contributed by atoms with Gasteiger partial charge in [0.15, 0.2) is 11.5 Å². The Hall–Kier alpha value is -4.74. The van der Waals surface area contributed by atoms with Crippen LogP contribution in [0.25, 0.3) is 0 Å². The number of aromatic nitrogens is 7. The van der Waals surface area contributed by atoms with Gasteiger partial charge in [0.2, 0.25) is 0 Å². The number of ether oxygens (including phenoxy) is 2. The van der Waals surface area contributed by atoms with E-state index in [0.717, 1.165) is 16.9 Å².